The van der Waals surface area contributed by atoms with Crippen LogP contribution in [0.4, 0.5) is 0 Å². The van der Waals surface area contributed by atoms with Crippen molar-refractivity contribution in [2.24, 2.45) is 4.99 Å². The van der Waals surface area contributed by atoms with Crippen LogP contribution in [-0.2, 0) is 11.3 Å². The predicted molar refractivity (Wildman–Crippen MR) is 62.9 cm³/mol. The molecule has 1 amide bonds. The van der Waals surface area contributed by atoms with Crippen LogP contribution in [0.3, 0.4) is 0 Å². The predicted octanol–water partition coefficient (Wildman–Crippen LogP) is 1.04. The molecule has 16 heavy (non-hydrogen) atoms. The minimum atomic E-state index is -0.560. The van der Waals surface area contributed by atoms with Crippen molar-refractivity contribution < 1.29 is 4.79 Å². The molecule has 1 aliphatic rings. The van der Waals surface area contributed by atoms with Gasteiger partial charge in [-0.25, -0.2) is 4.99 Å². The molecule has 0 spiro atoms. The Kier molecular flexibility index (Phi) is 2.64. The number of benzene rings is 1. The highest BCUT2D eigenvalue weighted by Crippen LogP contribution is 2.08. The molecule has 4 nitrogen and oxygen atoms in total. The first kappa shape index (κ1) is 10.7. The van der Waals surface area contributed by atoms with E-state index >= 15 is 0 Å². The summed E-state index contributed by atoms with van der Waals surface area (Å²) < 4.78 is 0. The molecular formula is C12H15N3O. The Hall–Kier alpha value is -1.84. The first-order valence-electron chi connectivity index (χ1n) is 5.26. The smallest absolute Gasteiger partial charge is 0.251 e. The van der Waals surface area contributed by atoms with Gasteiger partial charge in [-0.05, 0) is 19.4 Å². The second kappa shape index (κ2) is 3.96. The van der Waals surface area contributed by atoms with Crippen LogP contribution >= 0.6 is 0 Å². The van der Waals surface area contributed by atoms with E-state index < -0.39 is 5.54 Å². The van der Waals surface area contributed by atoms with Crippen molar-refractivity contribution in [2.75, 3.05) is 0 Å². The first-order valence-corrected chi connectivity index (χ1v) is 5.26. The summed E-state index contributed by atoms with van der Waals surface area (Å²) in [6, 6.07) is 9.92. The van der Waals surface area contributed by atoms with Crippen LogP contribution in [0.15, 0.2) is 35.3 Å². The molecule has 2 N–H and O–H groups in total. The fourth-order valence-electron chi connectivity index (χ4n) is 1.48. The third-order valence-electron chi connectivity index (χ3n) is 2.49. The zero-order valence-electron chi connectivity index (χ0n) is 9.45. The number of amides is 1. The van der Waals surface area contributed by atoms with Gasteiger partial charge in [-0.1, -0.05) is 30.3 Å². The molecule has 2 rings (SSSR count). The average molecular weight is 217 g/mol. The molecule has 0 bridgehead atoms. The van der Waals surface area contributed by atoms with E-state index in [0.717, 1.165) is 5.56 Å². The molecule has 1 heterocycles. The lowest BCUT2D eigenvalue weighted by atomic mass is 10.1. The van der Waals surface area contributed by atoms with Gasteiger partial charge in [0.15, 0.2) is 5.96 Å². The van der Waals surface area contributed by atoms with Gasteiger partial charge in [0.1, 0.15) is 5.54 Å². The lowest BCUT2D eigenvalue weighted by molar-refractivity contribution is -0.122. The Morgan fingerprint density at radius 2 is 1.94 bits per heavy atom. The maximum Gasteiger partial charge on any atom is 0.251 e. The van der Waals surface area contributed by atoms with Gasteiger partial charge in [0.25, 0.3) is 5.91 Å². The number of carbonyl (C=O) groups excluding carboxylic acids is 1. The molecular weight excluding hydrogens is 202 g/mol. The van der Waals surface area contributed by atoms with Crippen LogP contribution in [0.25, 0.3) is 0 Å². The standard InChI is InChI=1S/C12H15N3O/c1-12(2)10(16)14-11(15-12)13-8-9-6-4-3-5-7-9/h3-7H,8H2,1-2H3,(H2,13,14,15,16). The summed E-state index contributed by atoms with van der Waals surface area (Å²) in [6.45, 7) is 4.22. The summed E-state index contributed by atoms with van der Waals surface area (Å²) >= 11 is 0. The van der Waals surface area contributed by atoms with E-state index in [4.69, 9.17) is 0 Å². The molecule has 0 radical (unpaired) electrons. The molecule has 0 saturated carbocycles. The summed E-state index contributed by atoms with van der Waals surface area (Å²) in [5, 5.41) is 5.75. The van der Waals surface area contributed by atoms with E-state index in [-0.39, 0.29) is 5.91 Å². The molecule has 1 aliphatic heterocycles. The number of guanidine groups is 1. The Balaban J connectivity index is 2.03. The number of aliphatic imine (C=N–C) groups is 1. The molecule has 4 heteroatoms. The average Bonchev–Trinajstić information content (AvgIpc) is 2.52. The largest absolute Gasteiger partial charge is 0.342 e. The number of nitrogens with one attached hydrogen (secondary N) is 2. The maximum absolute atomic E-state index is 11.5. The van der Waals surface area contributed by atoms with E-state index in [1.165, 1.54) is 0 Å². The van der Waals surface area contributed by atoms with Crippen LogP contribution in [-0.4, -0.2) is 17.4 Å². The summed E-state index contributed by atoms with van der Waals surface area (Å²) in [7, 11) is 0. The molecule has 1 aromatic rings. The van der Waals surface area contributed by atoms with Gasteiger partial charge < -0.3 is 5.32 Å². The molecule has 0 aromatic heterocycles. The summed E-state index contributed by atoms with van der Waals surface area (Å²) in [5.41, 5.74) is 0.561. The third-order valence-corrected chi connectivity index (χ3v) is 2.49. The normalized spacial score (nSPS) is 20.6. The molecule has 0 aliphatic carbocycles. The number of carbonyl (C=O) groups is 1. The second-order valence-electron chi connectivity index (χ2n) is 4.35. The van der Waals surface area contributed by atoms with E-state index in [1.54, 1.807) is 0 Å². The van der Waals surface area contributed by atoms with Gasteiger partial charge in [-0.3, -0.25) is 10.1 Å². The summed E-state index contributed by atoms with van der Waals surface area (Å²) in [6.07, 6.45) is 0. The molecule has 1 aromatic carbocycles. The third kappa shape index (κ3) is 2.21. The van der Waals surface area contributed by atoms with E-state index in [2.05, 4.69) is 15.6 Å². The van der Waals surface area contributed by atoms with Crippen LogP contribution in [0.2, 0.25) is 0 Å². The maximum atomic E-state index is 11.5. The lowest BCUT2D eigenvalue weighted by Crippen LogP contribution is -2.40. The number of nitrogens with zero attached hydrogens (tertiary/aromatic N) is 1. The Labute approximate surface area is 94.8 Å². The Morgan fingerprint density at radius 1 is 1.25 bits per heavy atom. The van der Waals surface area contributed by atoms with Crippen molar-refractivity contribution in [3.05, 3.63) is 35.9 Å². The monoisotopic (exact) mass is 217 g/mol. The van der Waals surface area contributed by atoms with Crippen molar-refractivity contribution >= 4 is 11.9 Å². The quantitative estimate of drug-likeness (QED) is 0.777. The number of hydrogen-bond donors (Lipinski definition) is 2. The fourth-order valence-corrected chi connectivity index (χ4v) is 1.48. The SMILES string of the molecule is CC1(C)NC(=NCc2ccccc2)NC1=O. The van der Waals surface area contributed by atoms with E-state index in [0.29, 0.717) is 12.5 Å². The molecule has 84 valence electrons. The van der Waals surface area contributed by atoms with E-state index in [9.17, 15) is 4.79 Å². The Morgan fingerprint density at radius 3 is 2.50 bits per heavy atom. The van der Waals surface area contributed by atoms with Crippen molar-refractivity contribution in [1.29, 1.82) is 0 Å². The molecule has 1 fully saturated rings. The molecule has 0 atom stereocenters. The fraction of sp³-hybridized carbons (Fsp3) is 0.333. The first-order chi connectivity index (χ1) is 7.58. The molecule has 0 unspecified atom stereocenters. The summed E-state index contributed by atoms with van der Waals surface area (Å²) in [4.78, 5) is 15.8. The Bertz CT molecular complexity index is 423. The second-order valence-corrected chi connectivity index (χ2v) is 4.35. The highest BCUT2D eigenvalue weighted by molar-refractivity contribution is 6.08. The minimum absolute atomic E-state index is 0.0423. The van der Waals surface area contributed by atoms with Gasteiger partial charge >= 0.3 is 0 Å². The van der Waals surface area contributed by atoms with E-state index in [1.807, 2.05) is 44.2 Å². The topological polar surface area (TPSA) is 53.5 Å². The summed E-state index contributed by atoms with van der Waals surface area (Å²) in [5.74, 6) is 0.512. The number of hydrogen-bond acceptors (Lipinski definition) is 2. The van der Waals surface area contributed by atoms with Crippen molar-refractivity contribution in [3.8, 4) is 0 Å². The zero-order valence-corrected chi connectivity index (χ0v) is 9.45. The van der Waals surface area contributed by atoms with Crippen LogP contribution in [0.5, 0.6) is 0 Å². The number of rotatable bonds is 2. The van der Waals surface area contributed by atoms with Gasteiger partial charge in [0.2, 0.25) is 0 Å². The van der Waals surface area contributed by atoms with Gasteiger partial charge in [0.05, 0.1) is 6.54 Å². The molecule has 1 saturated heterocycles. The van der Waals surface area contributed by atoms with Crippen LogP contribution < -0.4 is 10.6 Å². The minimum Gasteiger partial charge on any atom is -0.342 e. The lowest BCUT2D eigenvalue weighted by Gasteiger charge is -2.12. The zero-order chi connectivity index (χ0) is 11.6. The van der Waals surface area contributed by atoms with Crippen LogP contribution in [0, 0.1) is 0 Å². The van der Waals surface area contributed by atoms with Crippen LogP contribution in [0.1, 0.15) is 19.4 Å². The van der Waals surface area contributed by atoms with Gasteiger partial charge in [0, 0.05) is 0 Å². The highest BCUT2D eigenvalue weighted by Gasteiger charge is 2.35. The highest BCUT2D eigenvalue weighted by atomic mass is 16.2. The van der Waals surface area contributed by atoms with Gasteiger partial charge in [-0.2, -0.15) is 0 Å². The van der Waals surface area contributed by atoms with Crippen molar-refractivity contribution in [2.45, 2.75) is 25.9 Å². The van der Waals surface area contributed by atoms with Crippen molar-refractivity contribution in [3.63, 3.8) is 0 Å². The van der Waals surface area contributed by atoms with Gasteiger partial charge in [-0.15, -0.1) is 0 Å². The van der Waals surface area contributed by atoms with Crippen molar-refractivity contribution in [1.82, 2.24) is 10.6 Å².